The zero-order valence-electron chi connectivity index (χ0n) is 25.1. The van der Waals surface area contributed by atoms with Crippen molar-refractivity contribution >= 4 is 10.8 Å². The Labute approximate surface area is 268 Å². The van der Waals surface area contributed by atoms with Gasteiger partial charge in [0, 0.05) is 33.8 Å². The molecule has 8 aromatic rings. The topological polar surface area (TPSA) is 38.7 Å². The number of hydrogen-bond acceptors (Lipinski definition) is 3. The monoisotopic (exact) mass is 587 g/mol. The molecule has 0 spiro atoms. The average Bonchev–Trinajstić information content (AvgIpc) is 3.15. The smallest absolute Gasteiger partial charge is 0.160 e. The average molecular weight is 588 g/mol. The van der Waals surface area contributed by atoms with Crippen LogP contribution in [0.1, 0.15) is 0 Å². The number of rotatable bonds is 6. The molecular formula is C43H29N3. The van der Waals surface area contributed by atoms with Crippen LogP contribution in [0.4, 0.5) is 0 Å². The Hall–Kier alpha value is -6.19. The van der Waals surface area contributed by atoms with Crippen molar-refractivity contribution in [2.45, 2.75) is 0 Å². The Morgan fingerprint density at radius 2 is 0.783 bits per heavy atom. The van der Waals surface area contributed by atoms with Crippen LogP contribution >= 0.6 is 0 Å². The van der Waals surface area contributed by atoms with Gasteiger partial charge in [0.05, 0.1) is 17.1 Å². The van der Waals surface area contributed by atoms with E-state index in [1.165, 1.54) is 0 Å². The van der Waals surface area contributed by atoms with E-state index in [2.05, 4.69) is 152 Å². The third-order valence-electron chi connectivity index (χ3n) is 8.35. The van der Waals surface area contributed by atoms with Crippen LogP contribution < -0.4 is 0 Å². The summed E-state index contributed by atoms with van der Waals surface area (Å²) in [5, 5.41) is 2.28. The van der Waals surface area contributed by atoms with E-state index in [0.717, 1.165) is 72.4 Å². The number of hydrogen-bond donors (Lipinski definition) is 0. The first-order chi connectivity index (χ1) is 22.8. The highest BCUT2D eigenvalue weighted by molar-refractivity contribution is 5.88. The standard InChI is InChI=1S/C43H29N3/c1-3-14-30(15-4-1)36-22-9-11-24-38(36)41-28-42(39-25-12-10-23-37(39)31-16-5-2-6-17-31)46-43(45-41)34-21-13-20-33(26-34)40-27-32-18-7-8-19-35(32)29-44-40/h1-29H. The summed E-state index contributed by atoms with van der Waals surface area (Å²) in [5.74, 6) is 0.667. The predicted octanol–water partition coefficient (Wildman–Crippen LogP) is 11.0. The van der Waals surface area contributed by atoms with Crippen molar-refractivity contribution < 1.29 is 0 Å². The molecule has 2 heterocycles. The van der Waals surface area contributed by atoms with Crippen molar-refractivity contribution in [2.75, 3.05) is 0 Å². The van der Waals surface area contributed by atoms with Crippen LogP contribution in [-0.4, -0.2) is 15.0 Å². The maximum absolute atomic E-state index is 5.24. The van der Waals surface area contributed by atoms with Gasteiger partial charge < -0.3 is 0 Å². The second kappa shape index (κ2) is 12.1. The molecule has 46 heavy (non-hydrogen) atoms. The highest BCUT2D eigenvalue weighted by Gasteiger charge is 2.17. The molecule has 0 amide bonds. The summed E-state index contributed by atoms with van der Waals surface area (Å²) in [7, 11) is 0. The summed E-state index contributed by atoms with van der Waals surface area (Å²) in [6.07, 6.45) is 1.94. The van der Waals surface area contributed by atoms with Gasteiger partial charge >= 0.3 is 0 Å². The minimum atomic E-state index is 0.667. The lowest BCUT2D eigenvalue weighted by Gasteiger charge is -2.15. The fourth-order valence-electron chi connectivity index (χ4n) is 6.06. The van der Waals surface area contributed by atoms with Gasteiger partial charge in [-0.2, -0.15) is 0 Å². The van der Waals surface area contributed by atoms with Gasteiger partial charge in [-0.25, -0.2) is 9.97 Å². The Balaban J connectivity index is 1.33. The molecule has 0 bridgehead atoms. The zero-order chi connectivity index (χ0) is 30.7. The molecule has 216 valence electrons. The van der Waals surface area contributed by atoms with Crippen molar-refractivity contribution in [2.24, 2.45) is 0 Å². The number of nitrogens with zero attached hydrogens (tertiary/aromatic N) is 3. The van der Waals surface area contributed by atoms with Gasteiger partial charge in [-0.1, -0.05) is 152 Å². The normalized spacial score (nSPS) is 11.0. The molecule has 0 aliphatic rings. The SMILES string of the molecule is c1ccc(-c2ccccc2-c2cc(-c3ccccc3-c3ccccc3)nc(-c3cccc(-c4cc5ccccc5cn4)c3)n2)cc1. The molecule has 0 atom stereocenters. The fourth-order valence-corrected chi connectivity index (χ4v) is 6.06. The zero-order valence-corrected chi connectivity index (χ0v) is 25.1. The molecule has 3 nitrogen and oxygen atoms in total. The summed E-state index contributed by atoms with van der Waals surface area (Å²) in [6.45, 7) is 0. The van der Waals surface area contributed by atoms with Crippen molar-refractivity contribution in [3.05, 3.63) is 176 Å². The van der Waals surface area contributed by atoms with Crippen LogP contribution in [0, 0.1) is 0 Å². The quantitative estimate of drug-likeness (QED) is 0.194. The summed E-state index contributed by atoms with van der Waals surface area (Å²) < 4.78 is 0. The Kier molecular flexibility index (Phi) is 7.18. The fraction of sp³-hybridized carbons (Fsp3) is 0. The van der Waals surface area contributed by atoms with Crippen LogP contribution in [0.2, 0.25) is 0 Å². The van der Waals surface area contributed by atoms with E-state index >= 15 is 0 Å². The van der Waals surface area contributed by atoms with E-state index in [1.807, 2.05) is 24.4 Å². The molecular weight excluding hydrogens is 558 g/mol. The number of pyridine rings is 1. The van der Waals surface area contributed by atoms with Crippen LogP contribution in [-0.2, 0) is 0 Å². The molecule has 0 radical (unpaired) electrons. The van der Waals surface area contributed by atoms with Gasteiger partial charge in [0.25, 0.3) is 0 Å². The van der Waals surface area contributed by atoms with Gasteiger partial charge in [0.15, 0.2) is 5.82 Å². The van der Waals surface area contributed by atoms with Gasteiger partial charge in [-0.05, 0) is 45.8 Å². The first kappa shape index (κ1) is 27.4. The molecule has 0 unspecified atom stereocenters. The van der Waals surface area contributed by atoms with Crippen LogP contribution in [0.3, 0.4) is 0 Å². The van der Waals surface area contributed by atoms with E-state index in [9.17, 15) is 0 Å². The molecule has 3 heteroatoms. The van der Waals surface area contributed by atoms with Gasteiger partial charge in [0.1, 0.15) is 0 Å². The third kappa shape index (κ3) is 5.36. The predicted molar refractivity (Wildman–Crippen MR) is 190 cm³/mol. The molecule has 8 rings (SSSR count). The van der Waals surface area contributed by atoms with E-state index in [4.69, 9.17) is 15.0 Å². The summed E-state index contributed by atoms with van der Waals surface area (Å²) >= 11 is 0. The number of aromatic nitrogens is 3. The van der Waals surface area contributed by atoms with E-state index < -0.39 is 0 Å². The third-order valence-corrected chi connectivity index (χ3v) is 8.35. The minimum absolute atomic E-state index is 0.667. The van der Waals surface area contributed by atoms with Gasteiger partial charge in [-0.3, -0.25) is 4.98 Å². The highest BCUT2D eigenvalue weighted by atomic mass is 14.9. The second-order valence-electron chi connectivity index (χ2n) is 11.3. The number of fused-ring (bicyclic) bond motifs is 1. The highest BCUT2D eigenvalue weighted by Crippen LogP contribution is 2.37. The lowest BCUT2D eigenvalue weighted by Crippen LogP contribution is -1.98. The maximum atomic E-state index is 5.24. The summed E-state index contributed by atoms with van der Waals surface area (Å²) in [4.78, 5) is 15.3. The molecule has 0 saturated heterocycles. The van der Waals surface area contributed by atoms with Crippen molar-refractivity contribution in [3.8, 4) is 67.4 Å². The van der Waals surface area contributed by atoms with Gasteiger partial charge in [-0.15, -0.1) is 0 Å². The van der Waals surface area contributed by atoms with Crippen LogP contribution in [0.5, 0.6) is 0 Å². The lowest BCUT2D eigenvalue weighted by molar-refractivity contribution is 1.18. The van der Waals surface area contributed by atoms with Crippen molar-refractivity contribution in [1.29, 1.82) is 0 Å². The molecule has 0 fully saturated rings. The molecule has 0 saturated carbocycles. The Morgan fingerprint density at radius 1 is 0.304 bits per heavy atom. The maximum Gasteiger partial charge on any atom is 0.160 e. The molecule has 6 aromatic carbocycles. The molecule has 0 aliphatic carbocycles. The molecule has 2 aromatic heterocycles. The lowest BCUT2D eigenvalue weighted by atomic mass is 9.94. The first-order valence-corrected chi connectivity index (χ1v) is 15.4. The van der Waals surface area contributed by atoms with E-state index in [1.54, 1.807) is 0 Å². The van der Waals surface area contributed by atoms with Crippen molar-refractivity contribution in [1.82, 2.24) is 15.0 Å². The van der Waals surface area contributed by atoms with E-state index in [0.29, 0.717) is 5.82 Å². The largest absolute Gasteiger partial charge is 0.256 e. The number of benzene rings is 6. The Bertz CT molecular complexity index is 2210. The van der Waals surface area contributed by atoms with E-state index in [-0.39, 0.29) is 0 Å². The van der Waals surface area contributed by atoms with Crippen molar-refractivity contribution in [3.63, 3.8) is 0 Å². The minimum Gasteiger partial charge on any atom is -0.256 e. The molecule has 0 aliphatic heterocycles. The van der Waals surface area contributed by atoms with Gasteiger partial charge in [0.2, 0.25) is 0 Å². The summed E-state index contributed by atoms with van der Waals surface area (Å²) in [6, 6.07) is 58.9. The molecule has 0 N–H and O–H groups in total. The summed E-state index contributed by atoms with van der Waals surface area (Å²) in [5.41, 5.74) is 11.3. The van der Waals surface area contributed by atoms with Crippen LogP contribution in [0.25, 0.3) is 78.2 Å². The van der Waals surface area contributed by atoms with Crippen LogP contribution in [0.15, 0.2) is 176 Å². The second-order valence-corrected chi connectivity index (χ2v) is 11.3. The first-order valence-electron chi connectivity index (χ1n) is 15.4. The Morgan fingerprint density at radius 3 is 1.39 bits per heavy atom.